The lowest BCUT2D eigenvalue weighted by molar-refractivity contribution is -0.115. The molecule has 178 valence electrons. The number of carbonyl (C=O) groups is 2. The van der Waals surface area contributed by atoms with Crippen molar-refractivity contribution in [1.29, 1.82) is 0 Å². The van der Waals surface area contributed by atoms with Crippen LogP contribution >= 0.6 is 23.1 Å². The van der Waals surface area contributed by atoms with Crippen LogP contribution in [0.4, 0.5) is 15.2 Å². The van der Waals surface area contributed by atoms with Crippen LogP contribution in [-0.4, -0.2) is 22.0 Å². The number of benzene rings is 3. The van der Waals surface area contributed by atoms with Gasteiger partial charge in [-0.2, -0.15) is 0 Å². The van der Waals surface area contributed by atoms with Gasteiger partial charge in [-0.05, 0) is 67.9 Å². The molecule has 1 heterocycles. The van der Waals surface area contributed by atoms with Gasteiger partial charge >= 0.3 is 0 Å². The number of halogens is 1. The lowest BCUT2D eigenvalue weighted by Gasteiger charge is -2.14. The van der Waals surface area contributed by atoms with Gasteiger partial charge in [-0.15, -0.1) is 23.1 Å². The molecule has 0 aliphatic carbocycles. The molecule has 4 rings (SSSR count). The van der Waals surface area contributed by atoms with E-state index in [2.05, 4.69) is 15.6 Å². The maximum atomic E-state index is 13.2. The number of hydrogen-bond acceptors (Lipinski definition) is 5. The summed E-state index contributed by atoms with van der Waals surface area (Å²) in [6.45, 7) is 3.92. The van der Waals surface area contributed by atoms with Crippen LogP contribution in [0.15, 0.2) is 83.1 Å². The molecule has 0 saturated carbocycles. The molecule has 0 spiro atoms. The first-order chi connectivity index (χ1) is 16.9. The van der Waals surface area contributed by atoms with Crippen molar-refractivity contribution in [3.63, 3.8) is 0 Å². The zero-order valence-corrected chi connectivity index (χ0v) is 20.9. The van der Waals surface area contributed by atoms with Gasteiger partial charge in [0.15, 0.2) is 5.13 Å². The summed E-state index contributed by atoms with van der Waals surface area (Å²) in [4.78, 5) is 30.8. The third kappa shape index (κ3) is 6.55. The van der Waals surface area contributed by atoms with Crippen molar-refractivity contribution < 1.29 is 14.0 Å². The molecule has 1 unspecified atom stereocenters. The minimum atomic E-state index is -0.337. The van der Waals surface area contributed by atoms with Crippen molar-refractivity contribution in [2.24, 2.45) is 0 Å². The average molecular weight is 506 g/mol. The number of rotatable bonds is 8. The summed E-state index contributed by atoms with van der Waals surface area (Å²) in [5, 5.41) is 7.79. The first kappa shape index (κ1) is 24.6. The number of nitrogens with one attached hydrogen (secondary N) is 2. The number of hydrogen-bond donors (Lipinski definition) is 2. The molecule has 1 aromatic heterocycles. The Labute approximate surface area is 211 Å². The minimum absolute atomic E-state index is 0.147. The number of nitrogens with zero attached hydrogens (tertiary/aromatic N) is 1. The summed E-state index contributed by atoms with van der Waals surface area (Å²) in [7, 11) is 0. The van der Waals surface area contributed by atoms with Gasteiger partial charge in [-0.1, -0.05) is 30.7 Å². The van der Waals surface area contributed by atoms with Crippen molar-refractivity contribution in [1.82, 2.24) is 4.98 Å². The maximum Gasteiger partial charge on any atom is 0.255 e. The Morgan fingerprint density at radius 2 is 1.77 bits per heavy atom. The van der Waals surface area contributed by atoms with Crippen LogP contribution in [-0.2, 0) is 4.79 Å². The summed E-state index contributed by atoms with van der Waals surface area (Å²) >= 11 is 2.76. The van der Waals surface area contributed by atoms with Crippen molar-refractivity contribution in [2.45, 2.75) is 30.4 Å². The summed E-state index contributed by atoms with van der Waals surface area (Å²) < 4.78 is 13.2. The number of thioether (sulfide) groups is 1. The van der Waals surface area contributed by atoms with Gasteiger partial charge in [0.1, 0.15) is 5.82 Å². The Morgan fingerprint density at radius 1 is 1.03 bits per heavy atom. The van der Waals surface area contributed by atoms with Gasteiger partial charge in [0, 0.05) is 27.1 Å². The summed E-state index contributed by atoms with van der Waals surface area (Å²) in [5.41, 5.74) is 3.81. The number of amides is 2. The Balaban J connectivity index is 1.39. The fourth-order valence-corrected chi connectivity index (χ4v) is 5.05. The minimum Gasteiger partial charge on any atom is -0.322 e. The molecule has 2 amide bonds. The normalized spacial score (nSPS) is 11.6. The predicted octanol–water partition coefficient (Wildman–Crippen LogP) is 7.02. The molecule has 1 atom stereocenters. The highest BCUT2D eigenvalue weighted by atomic mass is 32.2. The molecular weight excluding hydrogens is 481 g/mol. The fraction of sp³-hybridized carbons (Fsp3) is 0.148. The van der Waals surface area contributed by atoms with Gasteiger partial charge in [-0.25, -0.2) is 9.37 Å². The molecule has 0 saturated heterocycles. The van der Waals surface area contributed by atoms with Crippen molar-refractivity contribution >= 4 is 45.7 Å². The van der Waals surface area contributed by atoms with Crippen LogP contribution in [0.25, 0.3) is 11.3 Å². The first-order valence-corrected chi connectivity index (χ1v) is 12.8. The van der Waals surface area contributed by atoms with Crippen LogP contribution in [0.2, 0.25) is 0 Å². The number of thiazole rings is 1. The molecule has 4 aromatic rings. The van der Waals surface area contributed by atoms with Gasteiger partial charge in [0.2, 0.25) is 5.91 Å². The fourth-order valence-electron chi connectivity index (χ4n) is 3.31. The van der Waals surface area contributed by atoms with Crippen LogP contribution in [0.1, 0.15) is 29.3 Å². The second-order valence-electron chi connectivity index (χ2n) is 7.90. The molecule has 0 fully saturated rings. The van der Waals surface area contributed by atoms with E-state index in [1.807, 2.05) is 55.6 Å². The number of aromatic nitrogens is 1. The van der Waals surface area contributed by atoms with E-state index in [0.717, 1.165) is 16.0 Å². The second-order valence-corrected chi connectivity index (χ2v) is 10.0. The molecule has 0 radical (unpaired) electrons. The van der Waals surface area contributed by atoms with E-state index in [9.17, 15) is 14.0 Å². The molecule has 3 aromatic carbocycles. The van der Waals surface area contributed by atoms with Crippen molar-refractivity contribution in [3.05, 3.63) is 95.1 Å². The van der Waals surface area contributed by atoms with E-state index in [1.54, 1.807) is 24.3 Å². The third-order valence-corrected chi connectivity index (χ3v) is 7.34. The SMILES string of the molecule is CCC(Sc1cccc(NC(=O)c2ccc(C)cc2)c1)C(=O)Nc1nc(-c2ccc(F)cc2)cs1. The van der Waals surface area contributed by atoms with E-state index in [4.69, 9.17) is 0 Å². The van der Waals surface area contributed by atoms with Crippen molar-refractivity contribution in [2.75, 3.05) is 10.6 Å². The highest BCUT2D eigenvalue weighted by molar-refractivity contribution is 8.00. The van der Waals surface area contributed by atoms with Crippen molar-refractivity contribution in [3.8, 4) is 11.3 Å². The molecule has 8 heteroatoms. The monoisotopic (exact) mass is 505 g/mol. The predicted molar refractivity (Wildman–Crippen MR) is 142 cm³/mol. The zero-order chi connectivity index (χ0) is 24.8. The highest BCUT2D eigenvalue weighted by Gasteiger charge is 2.20. The van der Waals surface area contributed by atoms with Crippen LogP contribution in [0.5, 0.6) is 0 Å². The second kappa shape index (κ2) is 11.3. The van der Waals surface area contributed by atoms with Gasteiger partial charge in [0.05, 0.1) is 10.9 Å². The molecule has 35 heavy (non-hydrogen) atoms. The maximum absolute atomic E-state index is 13.2. The van der Waals surface area contributed by atoms with Crippen LogP contribution in [0, 0.1) is 12.7 Å². The van der Waals surface area contributed by atoms with E-state index >= 15 is 0 Å². The Bertz CT molecular complexity index is 1320. The Hall–Kier alpha value is -3.49. The summed E-state index contributed by atoms with van der Waals surface area (Å²) in [6, 6.07) is 20.9. The largest absolute Gasteiger partial charge is 0.322 e. The van der Waals surface area contributed by atoms with Gasteiger partial charge in [0.25, 0.3) is 5.91 Å². The van der Waals surface area contributed by atoms with E-state index in [1.165, 1.54) is 35.2 Å². The quantitative estimate of drug-likeness (QED) is 0.253. The topological polar surface area (TPSA) is 71.1 Å². The van der Waals surface area contributed by atoms with Gasteiger partial charge in [-0.3, -0.25) is 9.59 Å². The molecule has 0 bridgehead atoms. The van der Waals surface area contributed by atoms with E-state index in [-0.39, 0.29) is 22.9 Å². The average Bonchev–Trinajstić information content (AvgIpc) is 3.32. The summed E-state index contributed by atoms with van der Waals surface area (Å²) in [6.07, 6.45) is 0.618. The molecule has 0 aliphatic rings. The zero-order valence-electron chi connectivity index (χ0n) is 19.2. The number of carbonyl (C=O) groups excluding carboxylic acids is 2. The number of anilines is 2. The van der Waals surface area contributed by atoms with Crippen LogP contribution < -0.4 is 10.6 Å². The molecule has 0 aliphatic heterocycles. The smallest absolute Gasteiger partial charge is 0.255 e. The highest BCUT2D eigenvalue weighted by Crippen LogP contribution is 2.30. The molecular formula is C27H24FN3O2S2. The van der Waals surface area contributed by atoms with E-state index < -0.39 is 0 Å². The Morgan fingerprint density at radius 3 is 2.49 bits per heavy atom. The molecule has 5 nitrogen and oxygen atoms in total. The first-order valence-electron chi connectivity index (χ1n) is 11.1. The lowest BCUT2D eigenvalue weighted by Crippen LogP contribution is -2.24. The van der Waals surface area contributed by atoms with E-state index in [0.29, 0.717) is 28.5 Å². The Kier molecular flexibility index (Phi) is 7.94. The lowest BCUT2D eigenvalue weighted by atomic mass is 10.1. The third-order valence-electron chi connectivity index (χ3n) is 5.22. The summed E-state index contributed by atoms with van der Waals surface area (Å²) in [5.74, 6) is -0.636. The van der Waals surface area contributed by atoms with Gasteiger partial charge < -0.3 is 10.6 Å². The standard InChI is InChI=1S/C27H24FN3O2S2/c1-3-24(26(33)31-27-30-23(16-34-27)18-11-13-20(28)14-12-18)35-22-6-4-5-21(15-22)29-25(32)19-9-7-17(2)8-10-19/h4-16,24H,3H2,1-2H3,(H,29,32)(H,30,31,33). The van der Waals surface area contributed by atoms with Crippen LogP contribution in [0.3, 0.4) is 0 Å². The number of aryl methyl sites for hydroxylation is 1. The molecule has 2 N–H and O–H groups in total.